The number of nitrogens with zero attached hydrogens (tertiary/aromatic N) is 1. The molecule has 0 aromatic heterocycles. The largest absolute Gasteiger partial charge is 0.478 e. The Labute approximate surface area is 109 Å². The molecule has 18 heavy (non-hydrogen) atoms. The van der Waals surface area contributed by atoms with E-state index in [2.05, 4.69) is 0 Å². The molecule has 1 N–H and O–H groups in total. The molecule has 98 valence electrons. The fraction of sp³-hybridized carbons (Fsp3) is 0.417. The Kier molecular flexibility index (Phi) is 4.72. The van der Waals surface area contributed by atoms with Crippen molar-refractivity contribution >= 4 is 23.4 Å². The SMILES string of the molecule is Cc1c(SCC(C)C)cc(C(=O)O)cc1[N+](=O)[O-]. The predicted molar refractivity (Wildman–Crippen MR) is 70.4 cm³/mol. The minimum absolute atomic E-state index is 0.0430. The lowest BCUT2D eigenvalue weighted by Gasteiger charge is -2.09. The minimum atomic E-state index is -1.15. The number of hydrogen-bond donors (Lipinski definition) is 1. The first kappa shape index (κ1) is 14.5. The summed E-state index contributed by atoms with van der Waals surface area (Å²) < 4.78 is 0. The van der Waals surface area contributed by atoms with Gasteiger partial charge in [0.2, 0.25) is 0 Å². The molecular weight excluding hydrogens is 254 g/mol. The van der Waals surface area contributed by atoms with Crippen LogP contribution in [0.4, 0.5) is 5.69 Å². The third-order valence-electron chi connectivity index (χ3n) is 2.35. The molecular formula is C12H15NO4S. The molecule has 0 bridgehead atoms. The highest BCUT2D eigenvalue weighted by atomic mass is 32.2. The van der Waals surface area contributed by atoms with Crippen LogP contribution in [-0.2, 0) is 0 Å². The molecule has 0 fully saturated rings. The Morgan fingerprint density at radius 2 is 2.11 bits per heavy atom. The van der Waals surface area contributed by atoms with E-state index >= 15 is 0 Å². The average Bonchev–Trinajstić information content (AvgIpc) is 2.26. The Balaban J connectivity index is 3.22. The van der Waals surface area contributed by atoms with Gasteiger partial charge in [-0.05, 0) is 18.9 Å². The Hall–Kier alpha value is -1.56. The molecule has 6 heteroatoms. The Bertz CT molecular complexity index is 485. The van der Waals surface area contributed by atoms with Crippen LogP contribution in [0.5, 0.6) is 0 Å². The van der Waals surface area contributed by atoms with Gasteiger partial charge in [0.1, 0.15) is 0 Å². The van der Waals surface area contributed by atoms with Gasteiger partial charge in [-0.25, -0.2) is 4.79 Å². The smallest absolute Gasteiger partial charge is 0.335 e. The van der Waals surface area contributed by atoms with E-state index in [4.69, 9.17) is 5.11 Å². The molecule has 0 heterocycles. The van der Waals surface area contributed by atoms with Crippen molar-refractivity contribution in [2.45, 2.75) is 25.7 Å². The van der Waals surface area contributed by atoms with E-state index in [0.29, 0.717) is 16.4 Å². The van der Waals surface area contributed by atoms with Crippen LogP contribution in [0.3, 0.4) is 0 Å². The molecule has 0 aliphatic heterocycles. The van der Waals surface area contributed by atoms with E-state index in [1.807, 2.05) is 13.8 Å². The summed E-state index contributed by atoms with van der Waals surface area (Å²) in [6.45, 7) is 5.72. The fourth-order valence-corrected chi connectivity index (χ4v) is 2.44. The van der Waals surface area contributed by atoms with E-state index in [-0.39, 0.29) is 11.3 Å². The summed E-state index contributed by atoms with van der Waals surface area (Å²) in [5.41, 5.74) is 0.343. The van der Waals surface area contributed by atoms with Gasteiger partial charge >= 0.3 is 5.97 Å². The predicted octanol–water partition coefficient (Wildman–Crippen LogP) is 3.35. The van der Waals surface area contributed by atoms with Crippen molar-refractivity contribution in [3.05, 3.63) is 33.4 Å². The molecule has 0 saturated carbocycles. The van der Waals surface area contributed by atoms with Crippen LogP contribution in [-0.4, -0.2) is 21.8 Å². The maximum atomic E-state index is 10.9. The van der Waals surface area contributed by atoms with Gasteiger partial charge in [0, 0.05) is 22.3 Å². The second-order valence-corrected chi connectivity index (χ2v) is 5.45. The van der Waals surface area contributed by atoms with Gasteiger partial charge in [0.05, 0.1) is 10.5 Å². The van der Waals surface area contributed by atoms with Gasteiger partial charge in [0.25, 0.3) is 5.69 Å². The second kappa shape index (κ2) is 5.86. The van der Waals surface area contributed by atoms with Crippen LogP contribution < -0.4 is 0 Å². The standard InChI is InChI=1S/C12H15NO4S/c1-7(2)6-18-11-5-9(12(14)15)4-10(8(11)3)13(16)17/h4-5,7H,6H2,1-3H3,(H,14,15). The van der Waals surface area contributed by atoms with Crippen LogP contribution in [0.1, 0.15) is 29.8 Å². The molecule has 0 spiro atoms. The van der Waals surface area contributed by atoms with E-state index in [0.717, 1.165) is 11.8 Å². The van der Waals surface area contributed by atoms with Crippen molar-refractivity contribution in [2.24, 2.45) is 5.92 Å². The highest BCUT2D eigenvalue weighted by molar-refractivity contribution is 7.99. The summed E-state index contributed by atoms with van der Waals surface area (Å²) in [5, 5.41) is 19.8. The van der Waals surface area contributed by atoms with Crippen LogP contribution in [0.15, 0.2) is 17.0 Å². The summed E-state index contributed by atoms with van der Waals surface area (Å²) in [6.07, 6.45) is 0. The van der Waals surface area contributed by atoms with Crippen molar-refractivity contribution < 1.29 is 14.8 Å². The number of hydrogen-bond acceptors (Lipinski definition) is 4. The maximum Gasteiger partial charge on any atom is 0.335 e. The molecule has 0 amide bonds. The molecule has 0 aliphatic rings. The molecule has 1 aromatic carbocycles. The summed E-state index contributed by atoms with van der Waals surface area (Å²) in [7, 11) is 0. The van der Waals surface area contributed by atoms with Gasteiger partial charge in [-0.3, -0.25) is 10.1 Å². The number of nitro benzene ring substituents is 1. The first-order chi connectivity index (χ1) is 8.32. The van der Waals surface area contributed by atoms with E-state index in [1.165, 1.54) is 17.8 Å². The van der Waals surface area contributed by atoms with Gasteiger partial charge in [-0.2, -0.15) is 0 Å². The molecule has 0 unspecified atom stereocenters. The lowest BCUT2D eigenvalue weighted by atomic mass is 10.1. The van der Waals surface area contributed by atoms with Crippen molar-refractivity contribution in [3.8, 4) is 0 Å². The molecule has 0 saturated heterocycles. The molecule has 1 aromatic rings. The van der Waals surface area contributed by atoms with Crippen molar-refractivity contribution in [2.75, 3.05) is 5.75 Å². The number of nitro groups is 1. The molecule has 0 aliphatic carbocycles. The van der Waals surface area contributed by atoms with Gasteiger partial charge in [-0.1, -0.05) is 13.8 Å². The summed E-state index contributed by atoms with van der Waals surface area (Å²) in [6, 6.07) is 2.61. The van der Waals surface area contributed by atoms with Gasteiger partial charge in [0.15, 0.2) is 0 Å². The van der Waals surface area contributed by atoms with Crippen molar-refractivity contribution in [1.29, 1.82) is 0 Å². The minimum Gasteiger partial charge on any atom is -0.478 e. The highest BCUT2D eigenvalue weighted by Gasteiger charge is 2.19. The fourth-order valence-electron chi connectivity index (χ4n) is 1.39. The third kappa shape index (κ3) is 3.46. The number of rotatable bonds is 5. The summed E-state index contributed by atoms with van der Waals surface area (Å²) >= 11 is 1.45. The molecule has 5 nitrogen and oxygen atoms in total. The number of aromatic carboxylic acids is 1. The first-order valence-corrected chi connectivity index (χ1v) is 6.46. The lowest BCUT2D eigenvalue weighted by molar-refractivity contribution is -0.385. The van der Waals surface area contributed by atoms with Crippen molar-refractivity contribution in [1.82, 2.24) is 0 Å². The van der Waals surface area contributed by atoms with E-state index in [9.17, 15) is 14.9 Å². The Morgan fingerprint density at radius 3 is 2.56 bits per heavy atom. The molecule has 1 rings (SSSR count). The number of carbonyl (C=O) groups is 1. The summed E-state index contributed by atoms with van der Waals surface area (Å²) in [5.74, 6) is 0.0765. The van der Waals surface area contributed by atoms with E-state index < -0.39 is 10.9 Å². The average molecular weight is 269 g/mol. The number of carboxylic acids is 1. The topological polar surface area (TPSA) is 80.4 Å². The number of carboxylic acid groups (broad SMARTS) is 1. The zero-order chi connectivity index (χ0) is 13.9. The first-order valence-electron chi connectivity index (χ1n) is 5.48. The van der Waals surface area contributed by atoms with Crippen LogP contribution >= 0.6 is 11.8 Å². The maximum absolute atomic E-state index is 10.9. The van der Waals surface area contributed by atoms with Crippen LogP contribution in [0.25, 0.3) is 0 Å². The quantitative estimate of drug-likeness (QED) is 0.503. The number of thioether (sulfide) groups is 1. The van der Waals surface area contributed by atoms with Crippen LogP contribution in [0, 0.1) is 23.0 Å². The summed E-state index contributed by atoms with van der Waals surface area (Å²) in [4.78, 5) is 22.0. The van der Waals surface area contributed by atoms with E-state index in [1.54, 1.807) is 6.92 Å². The monoisotopic (exact) mass is 269 g/mol. The zero-order valence-electron chi connectivity index (χ0n) is 10.5. The number of benzene rings is 1. The van der Waals surface area contributed by atoms with Crippen molar-refractivity contribution in [3.63, 3.8) is 0 Å². The second-order valence-electron chi connectivity index (χ2n) is 4.39. The van der Waals surface area contributed by atoms with Gasteiger partial charge in [-0.15, -0.1) is 11.8 Å². The highest BCUT2D eigenvalue weighted by Crippen LogP contribution is 2.32. The van der Waals surface area contributed by atoms with Crippen LogP contribution in [0.2, 0.25) is 0 Å². The lowest BCUT2D eigenvalue weighted by Crippen LogP contribution is -2.02. The Morgan fingerprint density at radius 1 is 1.50 bits per heavy atom. The third-order valence-corrected chi connectivity index (χ3v) is 3.92. The molecule has 0 atom stereocenters. The molecule has 0 radical (unpaired) electrons. The van der Waals surface area contributed by atoms with Gasteiger partial charge < -0.3 is 5.11 Å². The normalized spacial score (nSPS) is 10.7. The zero-order valence-corrected chi connectivity index (χ0v) is 11.3.